The molecule has 0 aromatic heterocycles. The van der Waals surface area contributed by atoms with E-state index in [4.69, 9.17) is 0 Å². The highest BCUT2D eigenvalue weighted by molar-refractivity contribution is 5.89. The van der Waals surface area contributed by atoms with Gasteiger partial charge in [0.25, 0.3) is 0 Å². The molecule has 0 aliphatic carbocycles. The Hall–Kier alpha value is -1.37. The monoisotopic (exact) mass is 188 g/mol. The molecule has 1 heteroatoms. The molecule has 74 valence electrons. The lowest BCUT2D eigenvalue weighted by atomic mass is 10.1. The number of benzene rings is 1. The molecule has 0 spiro atoms. The zero-order valence-corrected chi connectivity index (χ0v) is 8.57. The summed E-state index contributed by atoms with van der Waals surface area (Å²) in [7, 11) is 0. The summed E-state index contributed by atoms with van der Waals surface area (Å²) < 4.78 is 0. The Labute approximate surface area is 85.5 Å². The van der Waals surface area contributed by atoms with Crippen molar-refractivity contribution in [3.63, 3.8) is 0 Å². The van der Waals surface area contributed by atoms with Crippen LogP contribution in [-0.2, 0) is 11.2 Å². The summed E-state index contributed by atoms with van der Waals surface area (Å²) in [4.78, 5) is 10.9. The zero-order valence-electron chi connectivity index (χ0n) is 8.57. The van der Waals surface area contributed by atoms with E-state index in [2.05, 4.69) is 12.1 Å². The molecule has 0 heterocycles. The van der Waals surface area contributed by atoms with Crippen LogP contribution in [0.4, 0.5) is 0 Å². The van der Waals surface area contributed by atoms with E-state index < -0.39 is 0 Å². The van der Waals surface area contributed by atoms with Crippen molar-refractivity contribution in [3.05, 3.63) is 48.0 Å². The quantitative estimate of drug-likeness (QED) is 0.649. The number of hydrogen-bond donors (Lipinski definition) is 0. The lowest BCUT2D eigenvalue weighted by molar-refractivity contribution is -0.114. The van der Waals surface area contributed by atoms with Gasteiger partial charge in [0.15, 0.2) is 5.78 Å². The second kappa shape index (κ2) is 6.14. The average molecular weight is 188 g/mol. The molecule has 0 aliphatic heterocycles. The van der Waals surface area contributed by atoms with E-state index in [1.807, 2.05) is 31.2 Å². The predicted octanol–water partition coefficient (Wildman–Crippen LogP) is 3.15. The first-order chi connectivity index (χ1) is 6.83. The molecule has 0 unspecified atom stereocenters. The van der Waals surface area contributed by atoms with Crippen LogP contribution in [0.1, 0.15) is 25.3 Å². The van der Waals surface area contributed by atoms with Crippen LogP contribution in [0.3, 0.4) is 0 Å². The van der Waals surface area contributed by atoms with Crippen molar-refractivity contribution in [1.82, 2.24) is 0 Å². The highest BCUT2D eigenvalue weighted by Crippen LogP contribution is 2.02. The fourth-order valence-electron chi connectivity index (χ4n) is 1.23. The summed E-state index contributed by atoms with van der Waals surface area (Å²) in [6.07, 6.45) is 6.19. The lowest BCUT2D eigenvalue weighted by Crippen LogP contribution is -1.88. The number of ketones is 1. The molecular formula is C13H16O. The van der Waals surface area contributed by atoms with Gasteiger partial charge in [0.05, 0.1) is 0 Å². The number of carbonyl (C=O) groups excluding carboxylic acids is 1. The molecule has 0 N–H and O–H groups in total. The minimum absolute atomic E-state index is 0.207. The van der Waals surface area contributed by atoms with Crippen LogP contribution in [0, 0.1) is 0 Å². The summed E-state index contributed by atoms with van der Waals surface area (Å²) in [5.41, 5.74) is 1.32. The SMILES string of the molecule is CCC(=O)/C=C/CCc1ccccc1. The van der Waals surface area contributed by atoms with Crippen LogP contribution >= 0.6 is 0 Å². The maximum atomic E-state index is 10.9. The number of aryl methyl sites for hydroxylation is 1. The van der Waals surface area contributed by atoms with Gasteiger partial charge in [0.2, 0.25) is 0 Å². The Balaban J connectivity index is 2.29. The van der Waals surface area contributed by atoms with Gasteiger partial charge in [-0.1, -0.05) is 43.3 Å². The molecule has 1 aromatic rings. The largest absolute Gasteiger partial charge is 0.295 e. The van der Waals surface area contributed by atoms with Crippen LogP contribution in [0.25, 0.3) is 0 Å². The van der Waals surface area contributed by atoms with Gasteiger partial charge >= 0.3 is 0 Å². The van der Waals surface area contributed by atoms with Gasteiger partial charge < -0.3 is 0 Å². The molecule has 1 rings (SSSR count). The average Bonchev–Trinajstić information content (AvgIpc) is 2.25. The van der Waals surface area contributed by atoms with Crippen LogP contribution < -0.4 is 0 Å². The topological polar surface area (TPSA) is 17.1 Å². The Kier molecular flexibility index (Phi) is 4.70. The maximum absolute atomic E-state index is 10.9. The third-order valence-electron chi connectivity index (χ3n) is 2.09. The van der Waals surface area contributed by atoms with E-state index in [9.17, 15) is 4.79 Å². The molecular weight excluding hydrogens is 172 g/mol. The summed E-state index contributed by atoms with van der Waals surface area (Å²) in [5.74, 6) is 0.207. The summed E-state index contributed by atoms with van der Waals surface area (Å²) in [6, 6.07) is 10.3. The molecule has 1 nitrogen and oxygen atoms in total. The van der Waals surface area contributed by atoms with Crippen LogP contribution in [0.15, 0.2) is 42.5 Å². The van der Waals surface area contributed by atoms with Gasteiger partial charge in [0, 0.05) is 6.42 Å². The van der Waals surface area contributed by atoms with Crippen molar-refractivity contribution < 1.29 is 4.79 Å². The number of allylic oxidation sites excluding steroid dienone is 2. The molecule has 0 saturated heterocycles. The van der Waals surface area contributed by atoms with E-state index in [1.165, 1.54) is 5.56 Å². The Morgan fingerprint density at radius 1 is 1.29 bits per heavy atom. The van der Waals surface area contributed by atoms with Crippen LogP contribution in [-0.4, -0.2) is 5.78 Å². The normalized spacial score (nSPS) is 10.6. The van der Waals surface area contributed by atoms with Gasteiger partial charge in [-0.05, 0) is 24.5 Å². The van der Waals surface area contributed by atoms with E-state index in [0.29, 0.717) is 6.42 Å². The minimum Gasteiger partial charge on any atom is -0.295 e. The molecule has 0 radical (unpaired) electrons. The summed E-state index contributed by atoms with van der Waals surface area (Å²) in [6.45, 7) is 1.88. The smallest absolute Gasteiger partial charge is 0.155 e. The fourth-order valence-corrected chi connectivity index (χ4v) is 1.23. The third-order valence-corrected chi connectivity index (χ3v) is 2.09. The highest BCUT2D eigenvalue weighted by Gasteiger charge is 1.90. The molecule has 0 aliphatic rings. The molecule has 0 bridgehead atoms. The fraction of sp³-hybridized carbons (Fsp3) is 0.308. The Morgan fingerprint density at radius 3 is 2.64 bits per heavy atom. The molecule has 1 aromatic carbocycles. The Bertz CT molecular complexity index is 298. The standard InChI is InChI=1S/C13H16O/c1-2-13(14)11-7-6-10-12-8-4-3-5-9-12/h3-5,7-9,11H,2,6,10H2,1H3/b11-7+. The van der Waals surface area contributed by atoms with Crippen molar-refractivity contribution in [3.8, 4) is 0 Å². The second-order valence-electron chi connectivity index (χ2n) is 3.25. The highest BCUT2D eigenvalue weighted by atomic mass is 16.1. The summed E-state index contributed by atoms with van der Waals surface area (Å²) in [5, 5.41) is 0. The zero-order chi connectivity index (χ0) is 10.2. The molecule has 14 heavy (non-hydrogen) atoms. The molecule has 0 saturated carbocycles. The number of hydrogen-bond acceptors (Lipinski definition) is 1. The first kappa shape index (κ1) is 10.7. The lowest BCUT2D eigenvalue weighted by Gasteiger charge is -1.95. The van der Waals surface area contributed by atoms with Crippen LogP contribution in [0.2, 0.25) is 0 Å². The van der Waals surface area contributed by atoms with Gasteiger partial charge in [-0.25, -0.2) is 0 Å². The molecule has 0 atom stereocenters. The first-order valence-corrected chi connectivity index (χ1v) is 5.06. The third kappa shape index (κ3) is 4.04. The first-order valence-electron chi connectivity index (χ1n) is 5.06. The maximum Gasteiger partial charge on any atom is 0.155 e. The Morgan fingerprint density at radius 2 is 2.00 bits per heavy atom. The van der Waals surface area contributed by atoms with Gasteiger partial charge in [-0.2, -0.15) is 0 Å². The minimum atomic E-state index is 0.207. The van der Waals surface area contributed by atoms with Gasteiger partial charge in [0.1, 0.15) is 0 Å². The van der Waals surface area contributed by atoms with Gasteiger partial charge in [-0.15, -0.1) is 0 Å². The van der Waals surface area contributed by atoms with Crippen molar-refractivity contribution in [2.45, 2.75) is 26.2 Å². The van der Waals surface area contributed by atoms with Crippen molar-refractivity contribution >= 4 is 5.78 Å². The predicted molar refractivity (Wildman–Crippen MR) is 59.2 cm³/mol. The second-order valence-corrected chi connectivity index (χ2v) is 3.25. The van der Waals surface area contributed by atoms with Crippen molar-refractivity contribution in [2.24, 2.45) is 0 Å². The van der Waals surface area contributed by atoms with Crippen molar-refractivity contribution in [2.75, 3.05) is 0 Å². The molecule has 0 fully saturated rings. The van der Waals surface area contributed by atoms with Gasteiger partial charge in [-0.3, -0.25) is 4.79 Å². The van der Waals surface area contributed by atoms with E-state index in [0.717, 1.165) is 12.8 Å². The van der Waals surface area contributed by atoms with E-state index in [-0.39, 0.29) is 5.78 Å². The van der Waals surface area contributed by atoms with E-state index in [1.54, 1.807) is 6.08 Å². The van der Waals surface area contributed by atoms with E-state index >= 15 is 0 Å². The number of rotatable bonds is 5. The molecule has 0 amide bonds. The van der Waals surface area contributed by atoms with Crippen LogP contribution in [0.5, 0.6) is 0 Å². The van der Waals surface area contributed by atoms with Crippen molar-refractivity contribution in [1.29, 1.82) is 0 Å². The summed E-state index contributed by atoms with van der Waals surface area (Å²) >= 11 is 0. The number of carbonyl (C=O) groups is 1.